The monoisotopic (exact) mass is 170 g/mol. The number of alkyl halides is 2. The highest BCUT2D eigenvalue weighted by molar-refractivity contribution is 6.63. The number of hydrogen-bond acceptors (Lipinski definition) is 1. The molecule has 0 aromatic rings. The van der Waals surface area contributed by atoms with Crippen LogP contribution in [0, 0.1) is 0 Å². The summed E-state index contributed by atoms with van der Waals surface area (Å²) in [5, 5.41) is -0.450. The first-order valence-corrected chi connectivity index (χ1v) is 3.47. The minimum Gasteiger partial charge on any atom is -0.281 e. The van der Waals surface area contributed by atoms with E-state index >= 15 is 0 Å². The zero-order valence-electron chi connectivity index (χ0n) is 5.45. The fourth-order valence-electron chi connectivity index (χ4n) is 0.563. The second kappa shape index (κ2) is 5.59. The molecule has 0 aliphatic heterocycles. The van der Waals surface area contributed by atoms with Gasteiger partial charge in [-0.25, -0.2) is 8.78 Å². The van der Waals surface area contributed by atoms with Crippen molar-refractivity contribution >= 4 is 16.8 Å². The third kappa shape index (κ3) is 7.82. The minimum absolute atomic E-state index is 0.135. The van der Waals surface area contributed by atoms with Crippen molar-refractivity contribution in [2.45, 2.75) is 32.1 Å². The van der Waals surface area contributed by atoms with Crippen LogP contribution in [0.25, 0.3) is 0 Å². The predicted molar refractivity (Wildman–Crippen MR) is 35.3 cm³/mol. The van der Waals surface area contributed by atoms with Crippen molar-refractivity contribution in [2.24, 2.45) is 0 Å². The average Bonchev–Trinajstić information content (AvgIpc) is 1.79. The van der Waals surface area contributed by atoms with E-state index in [1.54, 1.807) is 0 Å². The van der Waals surface area contributed by atoms with Gasteiger partial charge in [-0.1, -0.05) is 0 Å². The Labute approximate surface area is 63.4 Å². The van der Waals surface area contributed by atoms with Crippen LogP contribution in [0.3, 0.4) is 0 Å². The number of rotatable bonds is 5. The molecule has 0 saturated heterocycles. The molecule has 0 N–H and O–H groups in total. The van der Waals surface area contributed by atoms with Crippen molar-refractivity contribution in [3.8, 4) is 0 Å². The molecule has 0 aromatic carbocycles. The fourth-order valence-corrected chi connectivity index (χ4v) is 0.696. The standard InChI is InChI=1S/C6H9ClF2O/c7-5(10)3-1-2-4-6(8)9/h6H,1-4H2. The van der Waals surface area contributed by atoms with Crippen molar-refractivity contribution in [1.29, 1.82) is 0 Å². The zero-order chi connectivity index (χ0) is 7.98. The first kappa shape index (κ1) is 9.82. The highest BCUT2D eigenvalue weighted by atomic mass is 35.5. The van der Waals surface area contributed by atoms with Gasteiger partial charge >= 0.3 is 0 Å². The maximum absolute atomic E-state index is 11.4. The molecule has 0 heterocycles. The van der Waals surface area contributed by atoms with Crippen LogP contribution in [-0.2, 0) is 4.79 Å². The molecule has 0 unspecified atom stereocenters. The van der Waals surface area contributed by atoms with Gasteiger partial charge in [0.1, 0.15) is 0 Å². The van der Waals surface area contributed by atoms with E-state index in [2.05, 4.69) is 0 Å². The van der Waals surface area contributed by atoms with Crippen LogP contribution in [-0.4, -0.2) is 11.7 Å². The molecule has 0 fully saturated rings. The number of hydrogen-bond donors (Lipinski definition) is 0. The Bertz CT molecular complexity index is 106. The van der Waals surface area contributed by atoms with E-state index in [4.69, 9.17) is 11.6 Å². The molecule has 0 aliphatic rings. The summed E-state index contributed by atoms with van der Waals surface area (Å²) < 4.78 is 22.9. The molecular weight excluding hydrogens is 162 g/mol. The van der Waals surface area contributed by atoms with E-state index in [0.29, 0.717) is 12.8 Å². The minimum atomic E-state index is -2.26. The summed E-state index contributed by atoms with van der Waals surface area (Å²) in [5.41, 5.74) is 0. The molecule has 0 spiro atoms. The predicted octanol–water partition coefficient (Wildman–Crippen LogP) is 2.58. The Morgan fingerprint density at radius 3 is 2.40 bits per heavy atom. The summed E-state index contributed by atoms with van der Waals surface area (Å²) >= 11 is 4.97. The second-order valence-electron chi connectivity index (χ2n) is 1.99. The molecule has 1 nitrogen and oxygen atoms in total. The van der Waals surface area contributed by atoms with Gasteiger partial charge in [0.25, 0.3) is 0 Å². The lowest BCUT2D eigenvalue weighted by Gasteiger charge is -1.95. The van der Waals surface area contributed by atoms with Crippen molar-refractivity contribution < 1.29 is 13.6 Å². The van der Waals surface area contributed by atoms with Crippen molar-refractivity contribution in [1.82, 2.24) is 0 Å². The zero-order valence-corrected chi connectivity index (χ0v) is 6.20. The van der Waals surface area contributed by atoms with Gasteiger partial charge in [-0.3, -0.25) is 4.79 Å². The van der Waals surface area contributed by atoms with Gasteiger partial charge in [0.2, 0.25) is 11.7 Å². The number of carbonyl (C=O) groups excluding carboxylic acids is 1. The Kier molecular flexibility index (Phi) is 5.49. The average molecular weight is 171 g/mol. The first-order chi connectivity index (χ1) is 4.63. The summed E-state index contributed by atoms with van der Waals surface area (Å²) in [6.45, 7) is 0. The Balaban J connectivity index is 2.98. The van der Waals surface area contributed by atoms with Crippen molar-refractivity contribution in [2.75, 3.05) is 0 Å². The third-order valence-corrected chi connectivity index (χ3v) is 1.23. The Hall–Kier alpha value is -0.180. The van der Waals surface area contributed by atoms with Crippen molar-refractivity contribution in [3.05, 3.63) is 0 Å². The van der Waals surface area contributed by atoms with E-state index in [1.165, 1.54) is 0 Å². The van der Waals surface area contributed by atoms with Crippen LogP contribution in [0.4, 0.5) is 8.78 Å². The van der Waals surface area contributed by atoms with Gasteiger partial charge in [0.05, 0.1) is 0 Å². The summed E-state index contributed by atoms with van der Waals surface area (Å²) in [6, 6.07) is 0. The highest BCUT2D eigenvalue weighted by Crippen LogP contribution is 2.08. The van der Waals surface area contributed by atoms with E-state index in [9.17, 15) is 13.6 Å². The molecule has 0 amide bonds. The van der Waals surface area contributed by atoms with E-state index in [-0.39, 0.29) is 12.8 Å². The first-order valence-electron chi connectivity index (χ1n) is 3.09. The lowest BCUT2D eigenvalue weighted by molar-refractivity contribution is -0.111. The molecule has 0 atom stereocenters. The van der Waals surface area contributed by atoms with Gasteiger partial charge in [-0.2, -0.15) is 0 Å². The second-order valence-corrected chi connectivity index (χ2v) is 2.41. The highest BCUT2D eigenvalue weighted by Gasteiger charge is 2.02. The van der Waals surface area contributed by atoms with Gasteiger partial charge in [0.15, 0.2) is 0 Å². The SMILES string of the molecule is O=C(Cl)CCCCC(F)F. The Morgan fingerprint density at radius 1 is 1.40 bits per heavy atom. The van der Waals surface area contributed by atoms with Gasteiger partial charge in [-0.15, -0.1) is 0 Å². The number of unbranched alkanes of at least 4 members (excludes halogenated alkanes) is 1. The largest absolute Gasteiger partial charge is 0.281 e. The lowest BCUT2D eigenvalue weighted by atomic mass is 10.2. The fraction of sp³-hybridized carbons (Fsp3) is 0.833. The van der Waals surface area contributed by atoms with E-state index < -0.39 is 11.7 Å². The molecule has 0 rings (SSSR count). The molecule has 0 aliphatic carbocycles. The summed E-state index contributed by atoms with van der Waals surface area (Å²) in [5.74, 6) is 0. The molecule has 0 saturated carbocycles. The van der Waals surface area contributed by atoms with Gasteiger partial charge in [-0.05, 0) is 24.4 Å². The van der Waals surface area contributed by atoms with Gasteiger partial charge in [0, 0.05) is 12.8 Å². The topological polar surface area (TPSA) is 17.1 Å². The molecule has 0 radical (unpaired) electrons. The van der Waals surface area contributed by atoms with Gasteiger partial charge < -0.3 is 0 Å². The molecular formula is C6H9ClF2O. The van der Waals surface area contributed by atoms with Crippen LogP contribution >= 0.6 is 11.6 Å². The Morgan fingerprint density at radius 2 is 2.00 bits per heavy atom. The molecule has 0 bridgehead atoms. The van der Waals surface area contributed by atoms with E-state index in [1.807, 2.05) is 0 Å². The van der Waals surface area contributed by atoms with Crippen LogP contribution in [0.1, 0.15) is 25.7 Å². The van der Waals surface area contributed by atoms with Crippen molar-refractivity contribution in [3.63, 3.8) is 0 Å². The van der Waals surface area contributed by atoms with Crippen LogP contribution in [0.15, 0.2) is 0 Å². The maximum atomic E-state index is 11.4. The molecule has 10 heavy (non-hydrogen) atoms. The van der Waals surface area contributed by atoms with E-state index in [0.717, 1.165) is 0 Å². The summed E-state index contributed by atoms with van der Waals surface area (Å²) in [6.07, 6.45) is -1.35. The third-order valence-electron chi connectivity index (χ3n) is 1.05. The molecule has 0 aromatic heterocycles. The maximum Gasteiger partial charge on any atom is 0.238 e. The normalized spacial score (nSPS) is 10.4. The van der Waals surface area contributed by atoms with Crippen LogP contribution in [0.2, 0.25) is 0 Å². The number of carbonyl (C=O) groups is 1. The molecule has 60 valence electrons. The smallest absolute Gasteiger partial charge is 0.238 e. The summed E-state index contributed by atoms with van der Waals surface area (Å²) in [7, 11) is 0. The van der Waals surface area contributed by atoms with Crippen LogP contribution < -0.4 is 0 Å². The van der Waals surface area contributed by atoms with Crippen LogP contribution in [0.5, 0.6) is 0 Å². The summed E-state index contributed by atoms with van der Waals surface area (Å²) in [4.78, 5) is 10.1. The molecule has 4 heteroatoms. The lowest BCUT2D eigenvalue weighted by Crippen LogP contribution is -1.91. The number of halogens is 3. The quantitative estimate of drug-likeness (QED) is 0.458.